The van der Waals surface area contributed by atoms with Crippen LogP contribution in [0.4, 0.5) is 10.1 Å². The molecule has 0 spiro atoms. The lowest BCUT2D eigenvalue weighted by Gasteiger charge is -2.18. The molecule has 1 aromatic rings. The molecule has 1 atom stereocenters. The number of hydrogen-bond acceptors (Lipinski definition) is 2. The van der Waals surface area contributed by atoms with Crippen LogP contribution >= 0.6 is 0 Å². The Hall–Kier alpha value is -1.68. The fraction of sp³-hybridized carbons (Fsp3) is 0.182. The fourth-order valence-corrected chi connectivity index (χ4v) is 1.73. The van der Waals surface area contributed by atoms with Crippen LogP contribution in [-0.4, -0.2) is 11.0 Å². The molecule has 4 heteroatoms. The Morgan fingerprint density at radius 1 is 1.60 bits per heavy atom. The minimum atomic E-state index is -1.68. The van der Waals surface area contributed by atoms with E-state index in [1.165, 1.54) is 18.2 Å². The van der Waals surface area contributed by atoms with Gasteiger partial charge in [0.2, 0.25) is 0 Å². The summed E-state index contributed by atoms with van der Waals surface area (Å²) in [5.74, 6) is -1.02. The topological polar surface area (TPSA) is 49.3 Å². The van der Waals surface area contributed by atoms with Crippen LogP contribution in [0.5, 0.6) is 0 Å². The summed E-state index contributed by atoms with van der Waals surface area (Å²) in [7, 11) is 0. The predicted octanol–water partition coefficient (Wildman–Crippen LogP) is 1.54. The SMILES string of the molecule is C=CCC1(O)C(=O)Nc2ccc(F)cc21. The number of carbonyl (C=O) groups excluding carboxylic acids is 1. The van der Waals surface area contributed by atoms with Gasteiger partial charge in [-0.1, -0.05) is 6.08 Å². The third kappa shape index (κ3) is 1.34. The van der Waals surface area contributed by atoms with Gasteiger partial charge in [-0.25, -0.2) is 4.39 Å². The Bertz CT molecular complexity index is 444. The summed E-state index contributed by atoms with van der Waals surface area (Å²) < 4.78 is 13.0. The van der Waals surface area contributed by atoms with Gasteiger partial charge in [-0.05, 0) is 18.2 Å². The summed E-state index contributed by atoms with van der Waals surface area (Å²) in [5, 5.41) is 12.6. The number of halogens is 1. The van der Waals surface area contributed by atoms with E-state index in [0.717, 1.165) is 6.07 Å². The zero-order valence-electron chi connectivity index (χ0n) is 7.96. The quantitative estimate of drug-likeness (QED) is 0.723. The Labute approximate surface area is 86.2 Å². The zero-order valence-corrected chi connectivity index (χ0v) is 7.96. The van der Waals surface area contributed by atoms with E-state index in [1.807, 2.05) is 0 Å². The first-order valence-corrected chi connectivity index (χ1v) is 4.52. The minimum Gasteiger partial charge on any atom is -0.375 e. The molecule has 0 aliphatic carbocycles. The zero-order chi connectivity index (χ0) is 11.1. The number of aliphatic hydroxyl groups is 1. The molecule has 2 rings (SSSR count). The molecule has 1 heterocycles. The number of nitrogens with one attached hydrogen (secondary N) is 1. The number of carbonyl (C=O) groups is 1. The minimum absolute atomic E-state index is 0.0648. The van der Waals surface area contributed by atoms with Gasteiger partial charge >= 0.3 is 0 Å². The maximum atomic E-state index is 13.0. The largest absolute Gasteiger partial charge is 0.375 e. The summed E-state index contributed by atoms with van der Waals surface area (Å²) in [4.78, 5) is 11.5. The summed E-state index contributed by atoms with van der Waals surface area (Å²) in [6.07, 6.45) is 1.49. The van der Waals surface area contributed by atoms with Crippen LogP contribution in [0.3, 0.4) is 0 Å². The second-order valence-corrected chi connectivity index (χ2v) is 3.50. The molecular weight excluding hydrogens is 197 g/mol. The fourth-order valence-electron chi connectivity index (χ4n) is 1.73. The van der Waals surface area contributed by atoms with Crippen LogP contribution in [0.2, 0.25) is 0 Å². The van der Waals surface area contributed by atoms with Gasteiger partial charge in [0.1, 0.15) is 5.82 Å². The van der Waals surface area contributed by atoms with E-state index in [4.69, 9.17) is 0 Å². The van der Waals surface area contributed by atoms with E-state index >= 15 is 0 Å². The maximum Gasteiger partial charge on any atom is 0.261 e. The van der Waals surface area contributed by atoms with Crippen LogP contribution in [0.1, 0.15) is 12.0 Å². The smallest absolute Gasteiger partial charge is 0.261 e. The Morgan fingerprint density at radius 2 is 2.33 bits per heavy atom. The van der Waals surface area contributed by atoms with E-state index in [9.17, 15) is 14.3 Å². The van der Waals surface area contributed by atoms with Crippen LogP contribution in [-0.2, 0) is 10.4 Å². The van der Waals surface area contributed by atoms with E-state index in [2.05, 4.69) is 11.9 Å². The summed E-state index contributed by atoms with van der Waals surface area (Å²) >= 11 is 0. The van der Waals surface area contributed by atoms with Crippen molar-refractivity contribution >= 4 is 11.6 Å². The second kappa shape index (κ2) is 3.17. The Balaban J connectivity index is 2.57. The van der Waals surface area contributed by atoms with E-state index in [-0.39, 0.29) is 12.0 Å². The third-order valence-electron chi connectivity index (χ3n) is 2.49. The number of fused-ring (bicyclic) bond motifs is 1. The monoisotopic (exact) mass is 207 g/mol. The molecule has 1 aliphatic rings. The number of hydrogen-bond donors (Lipinski definition) is 2. The molecule has 0 saturated carbocycles. The lowest BCUT2D eigenvalue weighted by molar-refractivity contribution is -0.133. The van der Waals surface area contributed by atoms with Gasteiger partial charge in [0, 0.05) is 17.7 Å². The van der Waals surface area contributed by atoms with Gasteiger partial charge in [0.15, 0.2) is 5.60 Å². The van der Waals surface area contributed by atoms with Crippen molar-refractivity contribution in [1.29, 1.82) is 0 Å². The van der Waals surface area contributed by atoms with Crippen LogP contribution in [0, 0.1) is 5.82 Å². The highest BCUT2D eigenvalue weighted by Gasteiger charge is 2.44. The average Bonchev–Trinajstić information content (AvgIpc) is 2.42. The number of rotatable bonds is 2. The van der Waals surface area contributed by atoms with Crippen molar-refractivity contribution in [2.45, 2.75) is 12.0 Å². The molecular formula is C11H10FNO2. The summed E-state index contributed by atoms with van der Waals surface area (Å²) in [6.45, 7) is 3.47. The van der Waals surface area contributed by atoms with E-state index in [0.29, 0.717) is 5.69 Å². The van der Waals surface area contributed by atoms with Crippen molar-refractivity contribution in [3.8, 4) is 0 Å². The average molecular weight is 207 g/mol. The first kappa shape index (κ1) is 9.86. The highest BCUT2D eigenvalue weighted by atomic mass is 19.1. The molecule has 0 bridgehead atoms. The van der Waals surface area contributed by atoms with Gasteiger partial charge in [-0.3, -0.25) is 4.79 Å². The molecule has 2 N–H and O–H groups in total. The molecule has 1 aliphatic heterocycles. The Morgan fingerprint density at radius 3 is 3.00 bits per heavy atom. The van der Waals surface area contributed by atoms with E-state index < -0.39 is 17.3 Å². The highest BCUT2D eigenvalue weighted by molar-refractivity contribution is 6.04. The standard InChI is InChI=1S/C11H10FNO2/c1-2-5-11(15)8-6-7(12)3-4-9(8)13-10(11)14/h2-4,6,15H,1,5H2,(H,13,14). The van der Waals surface area contributed by atoms with Crippen molar-refractivity contribution in [3.63, 3.8) is 0 Å². The number of benzene rings is 1. The van der Waals surface area contributed by atoms with E-state index in [1.54, 1.807) is 0 Å². The van der Waals surface area contributed by atoms with Crippen LogP contribution < -0.4 is 5.32 Å². The number of amides is 1. The number of anilines is 1. The molecule has 78 valence electrons. The van der Waals surface area contributed by atoms with Crippen molar-refractivity contribution in [1.82, 2.24) is 0 Å². The third-order valence-corrected chi connectivity index (χ3v) is 2.49. The van der Waals surface area contributed by atoms with Gasteiger partial charge < -0.3 is 10.4 Å². The molecule has 0 radical (unpaired) electrons. The molecule has 0 saturated heterocycles. The molecule has 0 aromatic heterocycles. The van der Waals surface area contributed by atoms with Crippen LogP contribution in [0.25, 0.3) is 0 Å². The summed E-state index contributed by atoms with van der Waals surface area (Å²) in [5.41, 5.74) is -0.961. The van der Waals surface area contributed by atoms with Gasteiger partial charge in [0.25, 0.3) is 5.91 Å². The highest BCUT2D eigenvalue weighted by Crippen LogP contribution is 2.38. The maximum absolute atomic E-state index is 13.0. The van der Waals surface area contributed by atoms with Crippen LogP contribution in [0.15, 0.2) is 30.9 Å². The van der Waals surface area contributed by atoms with Crippen molar-refractivity contribution in [3.05, 3.63) is 42.2 Å². The first-order chi connectivity index (χ1) is 7.08. The molecule has 1 amide bonds. The molecule has 3 nitrogen and oxygen atoms in total. The van der Waals surface area contributed by atoms with Crippen molar-refractivity contribution in [2.75, 3.05) is 5.32 Å². The predicted molar refractivity (Wildman–Crippen MR) is 53.7 cm³/mol. The molecule has 0 fully saturated rings. The lowest BCUT2D eigenvalue weighted by Crippen LogP contribution is -2.33. The van der Waals surface area contributed by atoms with Gasteiger partial charge in [-0.15, -0.1) is 6.58 Å². The van der Waals surface area contributed by atoms with Gasteiger partial charge in [0.05, 0.1) is 0 Å². The first-order valence-electron chi connectivity index (χ1n) is 4.52. The van der Waals surface area contributed by atoms with Crippen molar-refractivity contribution in [2.24, 2.45) is 0 Å². The summed E-state index contributed by atoms with van der Waals surface area (Å²) in [6, 6.07) is 3.83. The Kier molecular flexibility index (Phi) is 2.08. The second-order valence-electron chi connectivity index (χ2n) is 3.50. The normalized spacial score (nSPS) is 23.5. The van der Waals surface area contributed by atoms with Crippen molar-refractivity contribution < 1.29 is 14.3 Å². The molecule has 1 unspecified atom stereocenters. The molecule has 1 aromatic carbocycles. The van der Waals surface area contributed by atoms with Gasteiger partial charge in [-0.2, -0.15) is 0 Å². The molecule has 15 heavy (non-hydrogen) atoms. The lowest BCUT2D eigenvalue weighted by atomic mass is 9.92.